The van der Waals surface area contributed by atoms with Gasteiger partial charge in [-0.3, -0.25) is 0 Å². The number of aryl methyl sites for hydroxylation is 2. The zero-order valence-corrected chi connectivity index (χ0v) is 8.48. The van der Waals surface area contributed by atoms with Crippen molar-refractivity contribution in [1.82, 2.24) is 10.2 Å². The molecule has 2 rings (SSSR count). The Hall–Kier alpha value is -1.97. The van der Waals surface area contributed by atoms with Gasteiger partial charge in [-0.2, -0.15) is 10.2 Å². The Morgan fingerprint density at radius 2 is 2.00 bits per heavy atom. The molecule has 1 aromatic carbocycles. The van der Waals surface area contributed by atoms with Crippen molar-refractivity contribution in [3.8, 4) is 0 Å². The van der Waals surface area contributed by atoms with Crippen LogP contribution in [0.2, 0.25) is 0 Å². The molecule has 0 bridgehead atoms. The summed E-state index contributed by atoms with van der Waals surface area (Å²) in [4.78, 5) is 10.8. The van der Waals surface area contributed by atoms with E-state index in [1.165, 1.54) is 6.07 Å². The van der Waals surface area contributed by atoms with Gasteiger partial charge in [0, 0.05) is 5.39 Å². The summed E-state index contributed by atoms with van der Waals surface area (Å²) >= 11 is 0. The van der Waals surface area contributed by atoms with Gasteiger partial charge < -0.3 is 5.11 Å². The molecule has 0 atom stereocenters. The van der Waals surface area contributed by atoms with Gasteiger partial charge in [0.15, 0.2) is 0 Å². The number of hydrogen-bond acceptors (Lipinski definition) is 3. The summed E-state index contributed by atoms with van der Waals surface area (Å²) in [5.74, 6) is -0.925. The summed E-state index contributed by atoms with van der Waals surface area (Å²) in [6.07, 6.45) is 0. The predicted molar refractivity (Wildman–Crippen MR) is 56.0 cm³/mol. The van der Waals surface area contributed by atoms with E-state index < -0.39 is 5.97 Å². The molecule has 0 aliphatic heterocycles. The highest BCUT2D eigenvalue weighted by molar-refractivity contribution is 5.94. The fourth-order valence-corrected chi connectivity index (χ4v) is 1.46. The molecule has 1 aromatic heterocycles. The van der Waals surface area contributed by atoms with E-state index in [-0.39, 0.29) is 5.56 Å². The Morgan fingerprint density at radius 1 is 1.27 bits per heavy atom. The van der Waals surface area contributed by atoms with Gasteiger partial charge in [0.1, 0.15) is 0 Å². The second-order valence-electron chi connectivity index (χ2n) is 3.45. The molecule has 0 amide bonds. The van der Waals surface area contributed by atoms with Crippen LogP contribution in [-0.2, 0) is 0 Å². The summed E-state index contributed by atoms with van der Waals surface area (Å²) in [6, 6.07) is 4.85. The Morgan fingerprint density at radius 3 is 2.67 bits per heavy atom. The van der Waals surface area contributed by atoms with Gasteiger partial charge >= 0.3 is 5.97 Å². The van der Waals surface area contributed by atoms with Crippen LogP contribution in [-0.4, -0.2) is 21.3 Å². The van der Waals surface area contributed by atoms with Crippen molar-refractivity contribution < 1.29 is 9.90 Å². The summed E-state index contributed by atoms with van der Waals surface area (Å²) in [5.41, 5.74) is 2.80. The van der Waals surface area contributed by atoms with Crippen LogP contribution in [0.15, 0.2) is 18.2 Å². The van der Waals surface area contributed by atoms with E-state index >= 15 is 0 Å². The molecule has 4 nitrogen and oxygen atoms in total. The molecule has 76 valence electrons. The third-order valence-electron chi connectivity index (χ3n) is 2.50. The van der Waals surface area contributed by atoms with Gasteiger partial charge in [-0.05, 0) is 37.6 Å². The Bertz CT molecular complexity index is 550. The van der Waals surface area contributed by atoms with Gasteiger partial charge in [0.25, 0.3) is 0 Å². The van der Waals surface area contributed by atoms with Crippen LogP contribution in [0.25, 0.3) is 10.9 Å². The summed E-state index contributed by atoms with van der Waals surface area (Å²) in [5, 5.41) is 17.7. The van der Waals surface area contributed by atoms with Crippen molar-refractivity contribution in [2.75, 3.05) is 0 Å². The van der Waals surface area contributed by atoms with E-state index in [2.05, 4.69) is 10.2 Å². The van der Waals surface area contributed by atoms with E-state index in [9.17, 15) is 4.79 Å². The van der Waals surface area contributed by atoms with E-state index in [0.29, 0.717) is 0 Å². The number of carbonyl (C=O) groups is 1. The maximum absolute atomic E-state index is 10.8. The molecule has 1 N–H and O–H groups in total. The fraction of sp³-hybridized carbons (Fsp3) is 0.182. The highest BCUT2D eigenvalue weighted by atomic mass is 16.4. The molecule has 15 heavy (non-hydrogen) atoms. The SMILES string of the molecule is Cc1nnc2ccc(C(=O)O)cc2c1C. The molecule has 0 aliphatic carbocycles. The smallest absolute Gasteiger partial charge is 0.335 e. The van der Waals surface area contributed by atoms with Crippen molar-refractivity contribution in [2.45, 2.75) is 13.8 Å². The number of carboxylic acid groups (broad SMARTS) is 1. The first-order valence-corrected chi connectivity index (χ1v) is 4.56. The highest BCUT2D eigenvalue weighted by Gasteiger charge is 2.07. The number of nitrogens with zero attached hydrogens (tertiary/aromatic N) is 2. The number of hydrogen-bond donors (Lipinski definition) is 1. The average Bonchev–Trinajstić information content (AvgIpc) is 2.23. The molecule has 0 spiro atoms. The number of fused-ring (bicyclic) bond motifs is 1. The predicted octanol–water partition coefficient (Wildman–Crippen LogP) is 1.94. The molecule has 0 unspecified atom stereocenters. The van der Waals surface area contributed by atoms with Crippen LogP contribution in [0, 0.1) is 13.8 Å². The quantitative estimate of drug-likeness (QED) is 0.767. The zero-order chi connectivity index (χ0) is 11.0. The topological polar surface area (TPSA) is 63.1 Å². The number of aromatic carboxylic acids is 1. The fourth-order valence-electron chi connectivity index (χ4n) is 1.46. The zero-order valence-electron chi connectivity index (χ0n) is 8.48. The van der Waals surface area contributed by atoms with Gasteiger partial charge in [-0.25, -0.2) is 4.79 Å². The van der Waals surface area contributed by atoms with E-state index in [1.807, 2.05) is 13.8 Å². The van der Waals surface area contributed by atoms with Crippen molar-refractivity contribution in [2.24, 2.45) is 0 Å². The Balaban J connectivity index is 2.79. The van der Waals surface area contributed by atoms with Crippen molar-refractivity contribution in [1.29, 1.82) is 0 Å². The lowest BCUT2D eigenvalue weighted by Gasteiger charge is -2.04. The second kappa shape index (κ2) is 3.31. The molecule has 0 fully saturated rings. The first-order chi connectivity index (χ1) is 7.09. The molecule has 1 heterocycles. The molecular formula is C11H10N2O2. The van der Waals surface area contributed by atoms with E-state index in [4.69, 9.17) is 5.11 Å². The lowest BCUT2D eigenvalue weighted by molar-refractivity contribution is 0.0697. The number of rotatable bonds is 1. The van der Waals surface area contributed by atoms with Crippen LogP contribution in [0.1, 0.15) is 21.6 Å². The normalized spacial score (nSPS) is 10.5. The average molecular weight is 202 g/mol. The first kappa shape index (κ1) is 9.58. The van der Waals surface area contributed by atoms with Gasteiger partial charge in [0.05, 0.1) is 16.8 Å². The van der Waals surface area contributed by atoms with Crippen LogP contribution in [0.4, 0.5) is 0 Å². The van der Waals surface area contributed by atoms with Gasteiger partial charge in [-0.15, -0.1) is 0 Å². The third-order valence-corrected chi connectivity index (χ3v) is 2.50. The van der Waals surface area contributed by atoms with Gasteiger partial charge in [-0.1, -0.05) is 0 Å². The lowest BCUT2D eigenvalue weighted by atomic mass is 10.1. The van der Waals surface area contributed by atoms with E-state index in [1.54, 1.807) is 12.1 Å². The van der Waals surface area contributed by atoms with E-state index in [0.717, 1.165) is 22.2 Å². The molecular weight excluding hydrogens is 192 g/mol. The maximum atomic E-state index is 10.8. The first-order valence-electron chi connectivity index (χ1n) is 4.56. The van der Waals surface area contributed by atoms with Crippen molar-refractivity contribution >= 4 is 16.9 Å². The minimum absolute atomic E-state index is 0.276. The molecule has 0 saturated heterocycles. The maximum Gasteiger partial charge on any atom is 0.335 e. The minimum Gasteiger partial charge on any atom is -0.478 e. The van der Waals surface area contributed by atoms with Crippen LogP contribution in [0.3, 0.4) is 0 Å². The largest absolute Gasteiger partial charge is 0.478 e. The number of aromatic nitrogens is 2. The van der Waals surface area contributed by atoms with Crippen LogP contribution >= 0.6 is 0 Å². The molecule has 0 aliphatic rings. The lowest BCUT2D eigenvalue weighted by Crippen LogP contribution is -1.98. The van der Waals surface area contributed by atoms with Crippen LogP contribution in [0.5, 0.6) is 0 Å². The van der Waals surface area contributed by atoms with Crippen molar-refractivity contribution in [3.05, 3.63) is 35.0 Å². The second-order valence-corrected chi connectivity index (χ2v) is 3.45. The number of carboxylic acids is 1. The summed E-state index contributed by atoms with van der Waals surface area (Å²) < 4.78 is 0. The Labute approximate surface area is 86.6 Å². The highest BCUT2D eigenvalue weighted by Crippen LogP contribution is 2.19. The van der Waals surface area contributed by atoms with Crippen molar-refractivity contribution in [3.63, 3.8) is 0 Å². The monoisotopic (exact) mass is 202 g/mol. The summed E-state index contributed by atoms with van der Waals surface area (Å²) in [7, 11) is 0. The molecule has 0 radical (unpaired) electrons. The van der Waals surface area contributed by atoms with Crippen LogP contribution < -0.4 is 0 Å². The molecule has 4 heteroatoms. The molecule has 2 aromatic rings. The summed E-state index contributed by atoms with van der Waals surface area (Å²) in [6.45, 7) is 3.77. The number of benzene rings is 1. The molecule has 0 saturated carbocycles. The third kappa shape index (κ3) is 1.54. The standard InChI is InChI=1S/C11H10N2O2/c1-6-7(2)12-13-10-4-3-8(11(14)15)5-9(6)10/h3-5H,1-2H3,(H,14,15). The minimum atomic E-state index is -0.925. The van der Waals surface area contributed by atoms with Gasteiger partial charge in [0.2, 0.25) is 0 Å². The Kier molecular flexibility index (Phi) is 2.11.